The van der Waals surface area contributed by atoms with Crippen LogP contribution in [0, 0.1) is 6.92 Å². The van der Waals surface area contributed by atoms with E-state index in [2.05, 4.69) is 20.8 Å². The van der Waals surface area contributed by atoms with Gasteiger partial charge in [-0.2, -0.15) is 4.68 Å². The number of nitrogens with zero attached hydrogens (tertiary/aromatic N) is 5. The van der Waals surface area contributed by atoms with Crippen molar-refractivity contribution in [1.82, 2.24) is 24.5 Å². The number of nitrogens with one attached hydrogen (secondary N) is 1. The molecule has 0 spiro atoms. The lowest BCUT2D eigenvalue weighted by Gasteiger charge is -2.12. The van der Waals surface area contributed by atoms with Crippen molar-refractivity contribution in [2.24, 2.45) is 0 Å². The highest BCUT2D eigenvalue weighted by Gasteiger charge is 2.17. The molecule has 0 bridgehead atoms. The summed E-state index contributed by atoms with van der Waals surface area (Å²) in [6.45, 7) is 1.99. The first kappa shape index (κ1) is 21.0. The largest absolute Gasteiger partial charge is 0.325 e. The Morgan fingerprint density at radius 1 is 1.10 bits per heavy atom. The minimum Gasteiger partial charge on any atom is -0.325 e. The summed E-state index contributed by atoms with van der Waals surface area (Å²) in [5, 5.41) is 14.8. The molecule has 1 heterocycles. The number of carbonyl (C=O) groups is 1. The molecule has 3 aromatic rings. The fourth-order valence-corrected chi connectivity index (χ4v) is 3.96. The van der Waals surface area contributed by atoms with Crippen molar-refractivity contribution in [1.29, 1.82) is 0 Å². The van der Waals surface area contributed by atoms with Crippen LogP contribution < -0.4 is 5.32 Å². The van der Waals surface area contributed by atoms with Crippen LogP contribution in [0.3, 0.4) is 0 Å². The number of sulfonamides is 1. The SMILES string of the molecule is Cc1ccc(-n2nnnc2SCC(=O)Nc2ccc(S(=O)(=O)N(C)C)cc2)cc1. The second kappa shape index (κ2) is 8.72. The van der Waals surface area contributed by atoms with E-state index in [1.165, 1.54) is 38.0 Å². The maximum Gasteiger partial charge on any atom is 0.242 e. The number of hydrogen-bond acceptors (Lipinski definition) is 7. The van der Waals surface area contributed by atoms with Crippen LogP contribution in [0.4, 0.5) is 5.69 Å². The van der Waals surface area contributed by atoms with Gasteiger partial charge in [0.2, 0.25) is 21.1 Å². The molecule has 11 heteroatoms. The lowest BCUT2D eigenvalue weighted by molar-refractivity contribution is -0.113. The highest BCUT2D eigenvalue weighted by Crippen LogP contribution is 2.20. The first-order chi connectivity index (χ1) is 13.8. The van der Waals surface area contributed by atoms with Gasteiger partial charge in [0.05, 0.1) is 16.3 Å². The summed E-state index contributed by atoms with van der Waals surface area (Å²) in [5.74, 6) is -0.152. The summed E-state index contributed by atoms with van der Waals surface area (Å²) in [6, 6.07) is 13.7. The standard InChI is InChI=1S/C18H20N6O3S2/c1-13-4-8-15(9-5-13)24-18(20-21-22-24)28-12-17(25)19-14-6-10-16(11-7-14)29(26,27)23(2)3/h4-11H,12H2,1-3H3,(H,19,25). The van der Waals surface area contributed by atoms with Crippen LogP contribution in [0.2, 0.25) is 0 Å². The predicted octanol–water partition coefficient (Wildman–Crippen LogP) is 1.95. The topological polar surface area (TPSA) is 110 Å². The zero-order valence-electron chi connectivity index (χ0n) is 16.1. The molecule has 0 unspecified atom stereocenters. The number of amides is 1. The number of anilines is 1. The molecule has 0 aliphatic heterocycles. The third-order valence-corrected chi connectivity index (χ3v) is 6.72. The second-order valence-corrected chi connectivity index (χ2v) is 9.45. The van der Waals surface area contributed by atoms with Crippen LogP contribution in [-0.2, 0) is 14.8 Å². The average Bonchev–Trinajstić information content (AvgIpc) is 3.16. The molecule has 3 rings (SSSR count). The first-order valence-corrected chi connectivity index (χ1v) is 11.0. The fourth-order valence-electron chi connectivity index (χ4n) is 2.37. The van der Waals surface area contributed by atoms with Gasteiger partial charge in [0.1, 0.15) is 0 Å². The van der Waals surface area contributed by atoms with Gasteiger partial charge < -0.3 is 5.32 Å². The highest BCUT2D eigenvalue weighted by molar-refractivity contribution is 7.99. The molecule has 0 saturated heterocycles. The molecular formula is C18H20N6O3S2. The molecule has 0 fully saturated rings. The van der Waals surface area contributed by atoms with E-state index in [0.29, 0.717) is 10.8 Å². The van der Waals surface area contributed by atoms with Gasteiger partial charge in [0.15, 0.2) is 0 Å². The third-order valence-electron chi connectivity index (χ3n) is 3.97. The van der Waals surface area contributed by atoms with Gasteiger partial charge in [-0.1, -0.05) is 29.5 Å². The number of aromatic nitrogens is 4. The molecule has 1 N–H and O–H groups in total. The minimum atomic E-state index is -3.50. The molecule has 152 valence electrons. The van der Waals surface area contributed by atoms with Gasteiger partial charge in [0, 0.05) is 19.8 Å². The quantitative estimate of drug-likeness (QED) is 0.568. The van der Waals surface area contributed by atoms with E-state index in [9.17, 15) is 13.2 Å². The Balaban J connectivity index is 1.61. The minimum absolute atomic E-state index is 0.101. The molecule has 0 saturated carbocycles. The number of aryl methyl sites for hydroxylation is 1. The Kier molecular flexibility index (Phi) is 6.30. The fraction of sp³-hybridized carbons (Fsp3) is 0.222. The predicted molar refractivity (Wildman–Crippen MR) is 111 cm³/mol. The third kappa shape index (κ3) is 5.00. The van der Waals surface area contributed by atoms with Gasteiger partial charge in [-0.25, -0.2) is 12.7 Å². The van der Waals surface area contributed by atoms with Crippen molar-refractivity contribution >= 4 is 33.4 Å². The lowest BCUT2D eigenvalue weighted by atomic mass is 10.2. The molecule has 29 heavy (non-hydrogen) atoms. The summed E-state index contributed by atoms with van der Waals surface area (Å²) in [4.78, 5) is 12.4. The Hall–Kier alpha value is -2.76. The number of carbonyl (C=O) groups excluding carboxylic acids is 1. The van der Waals surface area contributed by atoms with E-state index < -0.39 is 10.0 Å². The van der Waals surface area contributed by atoms with E-state index in [4.69, 9.17) is 0 Å². The number of thioether (sulfide) groups is 1. The van der Waals surface area contributed by atoms with Crippen molar-refractivity contribution in [2.75, 3.05) is 25.2 Å². The number of rotatable bonds is 7. The molecule has 0 aliphatic rings. The molecule has 9 nitrogen and oxygen atoms in total. The highest BCUT2D eigenvalue weighted by atomic mass is 32.2. The van der Waals surface area contributed by atoms with Gasteiger partial charge in [-0.3, -0.25) is 4.79 Å². The number of hydrogen-bond donors (Lipinski definition) is 1. The van der Waals surface area contributed by atoms with E-state index >= 15 is 0 Å². The molecule has 1 amide bonds. The maximum atomic E-state index is 12.3. The molecule has 0 aliphatic carbocycles. The zero-order valence-corrected chi connectivity index (χ0v) is 17.7. The van der Waals surface area contributed by atoms with Crippen molar-refractivity contribution in [3.8, 4) is 5.69 Å². The van der Waals surface area contributed by atoms with Crippen molar-refractivity contribution in [2.45, 2.75) is 17.0 Å². The molecule has 0 radical (unpaired) electrons. The van der Waals surface area contributed by atoms with Crippen molar-refractivity contribution in [3.05, 3.63) is 54.1 Å². The van der Waals surface area contributed by atoms with Crippen LogP contribution in [0.1, 0.15) is 5.56 Å². The molecule has 1 aromatic heterocycles. The van der Waals surface area contributed by atoms with E-state index in [1.807, 2.05) is 31.2 Å². The van der Waals surface area contributed by atoms with Gasteiger partial charge >= 0.3 is 0 Å². The maximum absolute atomic E-state index is 12.3. The smallest absolute Gasteiger partial charge is 0.242 e. The molecular weight excluding hydrogens is 412 g/mol. The number of tetrazole rings is 1. The van der Waals surface area contributed by atoms with Crippen LogP contribution in [0.5, 0.6) is 0 Å². The van der Waals surface area contributed by atoms with E-state index in [0.717, 1.165) is 15.6 Å². The van der Waals surface area contributed by atoms with E-state index in [-0.39, 0.29) is 16.6 Å². The molecule has 2 aromatic carbocycles. The van der Waals surface area contributed by atoms with Crippen molar-refractivity contribution < 1.29 is 13.2 Å². The Morgan fingerprint density at radius 3 is 2.38 bits per heavy atom. The number of benzene rings is 2. The van der Waals surface area contributed by atoms with Crippen LogP contribution in [0.15, 0.2) is 58.6 Å². The Bertz CT molecular complexity index is 1090. The summed E-state index contributed by atoms with van der Waals surface area (Å²) in [5.41, 5.74) is 2.44. The summed E-state index contributed by atoms with van der Waals surface area (Å²) >= 11 is 1.20. The summed E-state index contributed by atoms with van der Waals surface area (Å²) in [6.07, 6.45) is 0. The Labute approximate surface area is 173 Å². The average molecular weight is 433 g/mol. The van der Waals surface area contributed by atoms with Crippen LogP contribution in [-0.4, -0.2) is 58.7 Å². The lowest BCUT2D eigenvalue weighted by Crippen LogP contribution is -2.22. The Morgan fingerprint density at radius 2 is 1.76 bits per heavy atom. The van der Waals surface area contributed by atoms with Gasteiger partial charge in [-0.05, 0) is 53.7 Å². The monoisotopic (exact) mass is 432 g/mol. The normalized spacial score (nSPS) is 11.6. The van der Waals surface area contributed by atoms with Crippen LogP contribution in [0.25, 0.3) is 5.69 Å². The summed E-state index contributed by atoms with van der Waals surface area (Å²) in [7, 11) is -0.575. The van der Waals surface area contributed by atoms with Gasteiger partial charge in [0.25, 0.3) is 0 Å². The van der Waals surface area contributed by atoms with Crippen LogP contribution >= 0.6 is 11.8 Å². The molecule has 0 atom stereocenters. The summed E-state index contributed by atoms with van der Waals surface area (Å²) < 4.78 is 26.9. The van der Waals surface area contributed by atoms with Crippen molar-refractivity contribution in [3.63, 3.8) is 0 Å². The van der Waals surface area contributed by atoms with E-state index in [1.54, 1.807) is 16.8 Å². The second-order valence-electron chi connectivity index (χ2n) is 6.36. The first-order valence-electron chi connectivity index (χ1n) is 8.58. The zero-order chi connectivity index (χ0) is 21.0. The van der Waals surface area contributed by atoms with Gasteiger partial charge in [-0.15, -0.1) is 5.10 Å².